The summed E-state index contributed by atoms with van der Waals surface area (Å²) in [5.41, 5.74) is 2.08. The van der Waals surface area contributed by atoms with Gasteiger partial charge in [0.15, 0.2) is 0 Å². The minimum Gasteiger partial charge on any atom is -0.323 e. The lowest BCUT2D eigenvalue weighted by molar-refractivity contribution is -0.122. The molecule has 0 unspecified atom stereocenters. The summed E-state index contributed by atoms with van der Waals surface area (Å²) in [6.45, 7) is 2.36. The van der Waals surface area contributed by atoms with E-state index >= 15 is 0 Å². The third kappa shape index (κ3) is 3.30. The van der Waals surface area contributed by atoms with Gasteiger partial charge in [-0.25, -0.2) is 4.39 Å². The Morgan fingerprint density at radius 1 is 1.25 bits per heavy atom. The summed E-state index contributed by atoms with van der Waals surface area (Å²) in [4.78, 5) is 26.3. The third-order valence-electron chi connectivity index (χ3n) is 4.26. The van der Waals surface area contributed by atoms with Gasteiger partial charge >= 0.3 is 0 Å². The molecule has 0 bridgehead atoms. The van der Waals surface area contributed by atoms with E-state index < -0.39 is 11.7 Å². The monoisotopic (exact) mass is 326 g/mol. The molecule has 0 aliphatic carbocycles. The summed E-state index contributed by atoms with van der Waals surface area (Å²) in [6.07, 6.45) is 1.02. The molecule has 24 heavy (non-hydrogen) atoms. The molecule has 1 fully saturated rings. The smallest absolute Gasteiger partial charge is 0.229 e. The molecule has 5 heteroatoms. The molecule has 1 N–H and O–H groups in total. The first-order valence-electron chi connectivity index (χ1n) is 8.03. The summed E-state index contributed by atoms with van der Waals surface area (Å²) >= 11 is 0. The molecule has 2 aromatic carbocycles. The van der Waals surface area contributed by atoms with E-state index in [1.54, 1.807) is 17.0 Å². The maximum Gasteiger partial charge on any atom is 0.229 e. The van der Waals surface area contributed by atoms with Crippen LogP contribution in [0.3, 0.4) is 0 Å². The number of para-hydroxylation sites is 1. The largest absolute Gasteiger partial charge is 0.323 e. The maximum atomic E-state index is 13.6. The number of aryl methyl sites for hydroxylation is 1. The number of anilines is 2. The first-order valence-corrected chi connectivity index (χ1v) is 8.03. The quantitative estimate of drug-likeness (QED) is 0.936. The Bertz CT molecular complexity index is 775. The number of nitrogens with one attached hydrogen (secondary N) is 1. The van der Waals surface area contributed by atoms with Crippen LogP contribution in [0.2, 0.25) is 0 Å². The highest BCUT2D eigenvalue weighted by Crippen LogP contribution is 2.27. The van der Waals surface area contributed by atoms with Crippen molar-refractivity contribution in [3.05, 3.63) is 59.9 Å². The molecule has 1 saturated heterocycles. The SMILES string of the molecule is CCc1cccc(N2C[C@@H](C(=O)Nc3ccccc3F)CC2=O)c1. The normalized spacial score (nSPS) is 17.2. The fourth-order valence-electron chi connectivity index (χ4n) is 2.87. The highest BCUT2D eigenvalue weighted by Gasteiger charge is 2.35. The zero-order valence-corrected chi connectivity index (χ0v) is 13.5. The van der Waals surface area contributed by atoms with Crippen molar-refractivity contribution in [3.8, 4) is 0 Å². The molecule has 1 atom stereocenters. The van der Waals surface area contributed by atoms with Crippen LogP contribution in [-0.4, -0.2) is 18.4 Å². The number of carbonyl (C=O) groups is 2. The van der Waals surface area contributed by atoms with Gasteiger partial charge in [-0.3, -0.25) is 9.59 Å². The number of nitrogens with zero attached hydrogens (tertiary/aromatic N) is 1. The molecule has 2 amide bonds. The summed E-state index contributed by atoms with van der Waals surface area (Å²) in [6, 6.07) is 13.8. The van der Waals surface area contributed by atoms with Crippen molar-refractivity contribution in [2.75, 3.05) is 16.8 Å². The number of hydrogen-bond donors (Lipinski definition) is 1. The van der Waals surface area contributed by atoms with Gasteiger partial charge in [-0.2, -0.15) is 0 Å². The lowest BCUT2D eigenvalue weighted by atomic mass is 10.1. The maximum absolute atomic E-state index is 13.6. The first-order chi connectivity index (χ1) is 11.6. The predicted octanol–water partition coefficient (Wildman–Crippen LogP) is 3.38. The zero-order valence-electron chi connectivity index (χ0n) is 13.5. The van der Waals surface area contributed by atoms with E-state index in [9.17, 15) is 14.0 Å². The fraction of sp³-hybridized carbons (Fsp3) is 0.263. The van der Waals surface area contributed by atoms with E-state index in [0.29, 0.717) is 6.54 Å². The first kappa shape index (κ1) is 16.2. The Balaban J connectivity index is 1.72. The molecule has 1 aliphatic rings. The van der Waals surface area contributed by atoms with E-state index in [0.717, 1.165) is 17.7 Å². The molecule has 0 spiro atoms. The molecule has 124 valence electrons. The second-order valence-electron chi connectivity index (χ2n) is 5.90. The van der Waals surface area contributed by atoms with Crippen LogP contribution in [0, 0.1) is 11.7 Å². The summed E-state index contributed by atoms with van der Waals surface area (Å²) in [5.74, 6) is -1.38. The van der Waals surface area contributed by atoms with Crippen molar-refractivity contribution in [1.29, 1.82) is 0 Å². The highest BCUT2D eigenvalue weighted by molar-refractivity contribution is 6.03. The lowest BCUT2D eigenvalue weighted by Gasteiger charge is -2.17. The van der Waals surface area contributed by atoms with Gasteiger partial charge in [-0.05, 0) is 36.2 Å². The average molecular weight is 326 g/mol. The summed E-state index contributed by atoms with van der Waals surface area (Å²) in [5, 5.41) is 2.57. The van der Waals surface area contributed by atoms with Crippen molar-refractivity contribution in [1.82, 2.24) is 0 Å². The standard InChI is InChI=1S/C19H19FN2O2/c1-2-13-6-5-7-15(10-13)22-12-14(11-18(22)23)19(24)21-17-9-4-3-8-16(17)20/h3-10,14H,2,11-12H2,1H3,(H,21,24)/t14-/m0/s1. The molecule has 2 aromatic rings. The molecule has 3 rings (SSSR count). The van der Waals surface area contributed by atoms with Gasteiger partial charge < -0.3 is 10.2 Å². The number of halogens is 1. The Hall–Kier alpha value is -2.69. The average Bonchev–Trinajstić information content (AvgIpc) is 2.99. The molecule has 1 aliphatic heterocycles. The third-order valence-corrected chi connectivity index (χ3v) is 4.26. The second kappa shape index (κ2) is 6.83. The van der Waals surface area contributed by atoms with Gasteiger partial charge in [0.05, 0.1) is 11.6 Å². The molecular weight excluding hydrogens is 307 g/mol. The zero-order chi connectivity index (χ0) is 17.1. The minimum absolute atomic E-state index is 0.0862. The number of amides is 2. The molecule has 0 saturated carbocycles. The van der Waals surface area contributed by atoms with Gasteiger partial charge in [0.25, 0.3) is 0 Å². The number of benzene rings is 2. The topological polar surface area (TPSA) is 49.4 Å². The Kier molecular flexibility index (Phi) is 4.60. The molecule has 4 nitrogen and oxygen atoms in total. The number of hydrogen-bond acceptors (Lipinski definition) is 2. The number of carbonyl (C=O) groups excluding carboxylic acids is 2. The van der Waals surface area contributed by atoms with Crippen molar-refractivity contribution >= 4 is 23.2 Å². The van der Waals surface area contributed by atoms with Crippen LogP contribution in [0.25, 0.3) is 0 Å². The van der Waals surface area contributed by atoms with Gasteiger partial charge in [0.2, 0.25) is 11.8 Å². The van der Waals surface area contributed by atoms with Crippen LogP contribution in [0.1, 0.15) is 18.9 Å². The van der Waals surface area contributed by atoms with Crippen molar-refractivity contribution in [2.24, 2.45) is 5.92 Å². The van der Waals surface area contributed by atoms with E-state index in [2.05, 4.69) is 12.2 Å². The summed E-state index contributed by atoms with van der Waals surface area (Å²) < 4.78 is 13.6. The van der Waals surface area contributed by atoms with Crippen molar-refractivity contribution in [3.63, 3.8) is 0 Å². The van der Waals surface area contributed by atoms with Gasteiger partial charge in [0.1, 0.15) is 5.82 Å². The van der Waals surface area contributed by atoms with Crippen LogP contribution in [0.5, 0.6) is 0 Å². The molecule has 1 heterocycles. The highest BCUT2D eigenvalue weighted by atomic mass is 19.1. The Labute approximate surface area is 140 Å². The van der Waals surface area contributed by atoms with Crippen molar-refractivity contribution < 1.29 is 14.0 Å². The van der Waals surface area contributed by atoms with Gasteiger partial charge in [0, 0.05) is 18.7 Å². The van der Waals surface area contributed by atoms with Crippen LogP contribution in [0.4, 0.5) is 15.8 Å². The van der Waals surface area contributed by atoms with Crippen molar-refractivity contribution in [2.45, 2.75) is 19.8 Å². The fourth-order valence-corrected chi connectivity index (χ4v) is 2.87. The molecular formula is C19H19FN2O2. The van der Waals surface area contributed by atoms with E-state index in [1.807, 2.05) is 24.3 Å². The Morgan fingerprint density at radius 3 is 2.79 bits per heavy atom. The van der Waals surface area contributed by atoms with Gasteiger partial charge in [-0.1, -0.05) is 31.2 Å². The van der Waals surface area contributed by atoms with Gasteiger partial charge in [-0.15, -0.1) is 0 Å². The number of rotatable bonds is 4. The van der Waals surface area contributed by atoms with E-state index in [-0.39, 0.29) is 23.9 Å². The minimum atomic E-state index is -0.484. The molecule has 0 aromatic heterocycles. The lowest BCUT2D eigenvalue weighted by Crippen LogP contribution is -2.28. The summed E-state index contributed by atoms with van der Waals surface area (Å²) in [7, 11) is 0. The van der Waals surface area contributed by atoms with Crippen LogP contribution >= 0.6 is 0 Å². The Morgan fingerprint density at radius 2 is 2.04 bits per heavy atom. The van der Waals surface area contributed by atoms with Crippen LogP contribution < -0.4 is 10.2 Å². The molecule has 0 radical (unpaired) electrons. The predicted molar refractivity (Wildman–Crippen MR) is 91.3 cm³/mol. The van der Waals surface area contributed by atoms with Crippen LogP contribution in [0.15, 0.2) is 48.5 Å². The van der Waals surface area contributed by atoms with E-state index in [4.69, 9.17) is 0 Å². The van der Waals surface area contributed by atoms with E-state index in [1.165, 1.54) is 12.1 Å². The van der Waals surface area contributed by atoms with Crippen LogP contribution in [-0.2, 0) is 16.0 Å². The second-order valence-corrected chi connectivity index (χ2v) is 5.90.